The number of fused-ring (bicyclic) bond motifs is 2. The van der Waals surface area contributed by atoms with E-state index >= 15 is 0 Å². The maximum absolute atomic E-state index is 13.0. The number of hydrogen-bond donors (Lipinski definition) is 1. The number of carbonyl (C=O) groups excluding carboxylic acids is 5. The zero-order chi connectivity index (χ0) is 30.0. The highest BCUT2D eigenvalue weighted by Gasteiger charge is 2.37. The van der Waals surface area contributed by atoms with E-state index in [2.05, 4.69) is 10.1 Å². The second-order valence-corrected chi connectivity index (χ2v) is 9.74. The first-order valence-corrected chi connectivity index (χ1v) is 12.8. The fourth-order valence-electron chi connectivity index (χ4n) is 4.98. The molecule has 41 heavy (non-hydrogen) atoms. The zero-order valence-corrected chi connectivity index (χ0v) is 23.7. The Morgan fingerprint density at radius 3 is 2.00 bits per heavy atom. The van der Waals surface area contributed by atoms with E-state index in [1.807, 2.05) is 50.2 Å². The van der Waals surface area contributed by atoms with Crippen LogP contribution in [0.1, 0.15) is 62.4 Å². The number of hydrogen-bond acceptors (Lipinski definition) is 7. The van der Waals surface area contributed by atoms with Gasteiger partial charge in [0.1, 0.15) is 0 Å². The summed E-state index contributed by atoms with van der Waals surface area (Å²) in [5.41, 5.74) is 7.23. The van der Waals surface area contributed by atoms with Crippen molar-refractivity contribution in [1.82, 2.24) is 0 Å². The first kappa shape index (κ1) is 28.9. The van der Waals surface area contributed by atoms with Crippen molar-refractivity contribution in [3.05, 3.63) is 93.5 Å². The molecule has 0 fully saturated rings. The minimum Gasteiger partial charge on any atom is -0.465 e. The molecule has 0 aromatic heterocycles. The number of anilines is 2. The van der Waals surface area contributed by atoms with Crippen molar-refractivity contribution in [1.29, 1.82) is 0 Å². The average molecular weight is 555 g/mol. The predicted molar refractivity (Wildman–Crippen MR) is 154 cm³/mol. The molecule has 2 aliphatic rings. The average Bonchev–Trinajstić information content (AvgIpc) is 3.45. The third-order valence-corrected chi connectivity index (χ3v) is 7.05. The van der Waals surface area contributed by atoms with E-state index in [-0.39, 0.29) is 17.8 Å². The number of ether oxygens (including phenoxy) is 2. The van der Waals surface area contributed by atoms with Crippen LogP contribution in [0.3, 0.4) is 0 Å². The van der Waals surface area contributed by atoms with Gasteiger partial charge in [-0.1, -0.05) is 36.4 Å². The molecule has 3 aromatic rings. The molecular weight excluding hydrogens is 524 g/mol. The van der Waals surface area contributed by atoms with Gasteiger partial charge in [-0.2, -0.15) is 0 Å². The third kappa shape index (κ3) is 5.51. The molecule has 0 saturated heterocycles. The summed E-state index contributed by atoms with van der Waals surface area (Å²) in [6.07, 6.45) is 0.387. The minimum absolute atomic E-state index is 0.0357. The number of methoxy groups -OCH3 is 2. The van der Waals surface area contributed by atoms with Crippen molar-refractivity contribution in [2.45, 2.75) is 34.1 Å². The molecule has 0 bridgehead atoms. The molecule has 9 heteroatoms. The van der Waals surface area contributed by atoms with Gasteiger partial charge in [-0.05, 0) is 66.8 Å². The summed E-state index contributed by atoms with van der Waals surface area (Å²) in [5, 5.41) is 2.70. The van der Waals surface area contributed by atoms with Gasteiger partial charge >= 0.3 is 11.9 Å². The minimum atomic E-state index is -0.501. The lowest BCUT2D eigenvalue weighted by molar-refractivity contribution is -0.122. The van der Waals surface area contributed by atoms with Gasteiger partial charge in [0, 0.05) is 18.2 Å². The van der Waals surface area contributed by atoms with E-state index in [1.165, 1.54) is 21.1 Å². The molecule has 3 amide bonds. The Bertz CT molecular complexity index is 1640. The quantitative estimate of drug-likeness (QED) is 0.362. The van der Waals surface area contributed by atoms with Gasteiger partial charge in [-0.15, -0.1) is 0 Å². The summed E-state index contributed by atoms with van der Waals surface area (Å²) >= 11 is 0. The number of nitrogens with zero attached hydrogens (tertiary/aromatic N) is 1. The molecule has 2 aliphatic heterocycles. The number of rotatable bonds is 3. The number of nitrogens with one attached hydrogen (secondary N) is 1. The SMILES string of the molecule is COC(=O)c1cc2c(cc1C)/C(=C(\C)c1ccccc1)C(=O)N2C(C)=O.COC(=O)c1cc2c(cc1C)CC(=O)N2. The molecular formula is C32H30N2O7. The topological polar surface area (TPSA) is 119 Å². The van der Waals surface area contributed by atoms with Crippen LogP contribution in [-0.4, -0.2) is 43.9 Å². The smallest absolute Gasteiger partial charge is 0.338 e. The Morgan fingerprint density at radius 1 is 0.829 bits per heavy atom. The Hall–Kier alpha value is -5.05. The molecule has 0 radical (unpaired) electrons. The van der Waals surface area contributed by atoms with Gasteiger partial charge in [-0.3, -0.25) is 14.4 Å². The molecule has 2 heterocycles. The van der Waals surface area contributed by atoms with Crippen LogP contribution >= 0.6 is 0 Å². The van der Waals surface area contributed by atoms with Gasteiger partial charge in [0.05, 0.1) is 43.0 Å². The van der Waals surface area contributed by atoms with Gasteiger partial charge in [0.15, 0.2) is 0 Å². The molecule has 0 saturated carbocycles. The Labute approximate surface area is 237 Å². The van der Waals surface area contributed by atoms with Gasteiger partial charge in [-0.25, -0.2) is 14.5 Å². The summed E-state index contributed by atoms with van der Waals surface area (Å²) in [6, 6.07) is 16.4. The fourth-order valence-corrected chi connectivity index (χ4v) is 4.98. The van der Waals surface area contributed by atoms with Crippen molar-refractivity contribution in [2.24, 2.45) is 0 Å². The Morgan fingerprint density at radius 2 is 1.41 bits per heavy atom. The van der Waals surface area contributed by atoms with Crippen LogP contribution in [0.2, 0.25) is 0 Å². The summed E-state index contributed by atoms with van der Waals surface area (Å²) in [6.45, 7) is 6.80. The van der Waals surface area contributed by atoms with Gasteiger partial charge in [0.2, 0.25) is 11.8 Å². The lowest BCUT2D eigenvalue weighted by Gasteiger charge is -2.14. The monoisotopic (exact) mass is 554 g/mol. The summed E-state index contributed by atoms with van der Waals surface area (Å²) in [7, 11) is 2.64. The van der Waals surface area contributed by atoms with E-state index in [9.17, 15) is 24.0 Å². The molecule has 210 valence electrons. The summed E-state index contributed by atoms with van der Waals surface area (Å²) in [4.78, 5) is 60.8. The number of benzene rings is 3. The van der Waals surface area contributed by atoms with Crippen molar-refractivity contribution in [3.8, 4) is 0 Å². The van der Waals surface area contributed by atoms with E-state index in [0.717, 1.165) is 27.2 Å². The van der Waals surface area contributed by atoms with Crippen molar-refractivity contribution < 1.29 is 33.4 Å². The lowest BCUT2D eigenvalue weighted by atomic mass is 9.94. The number of amides is 3. The van der Waals surface area contributed by atoms with Crippen molar-refractivity contribution in [2.75, 3.05) is 24.4 Å². The number of imide groups is 1. The van der Waals surface area contributed by atoms with Crippen LogP contribution in [0.4, 0.5) is 11.4 Å². The third-order valence-electron chi connectivity index (χ3n) is 7.05. The number of carbonyl (C=O) groups is 5. The molecule has 1 N–H and O–H groups in total. The van der Waals surface area contributed by atoms with Gasteiger partial charge < -0.3 is 14.8 Å². The van der Waals surface area contributed by atoms with E-state index in [4.69, 9.17) is 4.74 Å². The maximum atomic E-state index is 13.0. The van der Waals surface area contributed by atoms with E-state index < -0.39 is 11.9 Å². The highest BCUT2D eigenvalue weighted by atomic mass is 16.5. The van der Waals surface area contributed by atoms with Crippen LogP contribution in [0.15, 0.2) is 54.6 Å². The second-order valence-electron chi connectivity index (χ2n) is 9.74. The number of allylic oxidation sites excluding steroid dienone is 1. The van der Waals surface area contributed by atoms with Crippen molar-refractivity contribution in [3.63, 3.8) is 0 Å². The summed E-state index contributed by atoms with van der Waals surface area (Å²) in [5.74, 6) is -1.69. The Kier molecular flexibility index (Phi) is 8.18. The number of aryl methyl sites for hydroxylation is 2. The highest BCUT2D eigenvalue weighted by Crippen LogP contribution is 2.42. The zero-order valence-electron chi connectivity index (χ0n) is 23.7. The molecule has 5 rings (SSSR count). The molecule has 9 nitrogen and oxygen atoms in total. The standard InChI is InChI=1S/C21H19NO4.C11H11NO3/c1-12-10-17-18(11-16(12)21(25)26-4)22(14(3)23)20(24)19(17)13(2)15-8-6-5-7-9-15;1-6-3-7-4-10(13)12-9(7)5-8(6)11(14)15-2/h5-11H,1-4H3;3,5H,4H2,1-2H3,(H,12,13)/b19-13-;. The van der Waals surface area contributed by atoms with Crippen LogP contribution in [0, 0.1) is 13.8 Å². The lowest BCUT2D eigenvalue weighted by Crippen LogP contribution is -2.31. The van der Waals surface area contributed by atoms with Crippen LogP contribution in [-0.2, 0) is 30.3 Å². The molecule has 3 aromatic carbocycles. The van der Waals surface area contributed by atoms with E-state index in [0.29, 0.717) is 45.6 Å². The summed E-state index contributed by atoms with van der Waals surface area (Å²) < 4.78 is 9.46. The molecule has 0 unspecified atom stereocenters. The van der Waals surface area contributed by atoms with Crippen LogP contribution < -0.4 is 10.2 Å². The second kappa shape index (κ2) is 11.6. The Balaban J connectivity index is 0.000000218. The van der Waals surface area contributed by atoms with Crippen LogP contribution in [0.25, 0.3) is 11.1 Å². The van der Waals surface area contributed by atoms with Crippen molar-refractivity contribution >= 4 is 52.2 Å². The normalized spacial score (nSPS) is 14.3. The largest absolute Gasteiger partial charge is 0.465 e. The fraction of sp³-hybridized carbons (Fsp3) is 0.219. The van der Waals surface area contributed by atoms with Crippen LogP contribution in [0.5, 0.6) is 0 Å². The maximum Gasteiger partial charge on any atom is 0.338 e. The first-order valence-electron chi connectivity index (χ1n) is 12.8. The molecule has 0 aliphatic carbocycles. The molecule has 0 spiro atoms. The van der Waals surface area contributed by atoms with E-state index in [1.54, 1.807) is 25.1 Å². The number of esters is 2. The highest BCUT2D eigenvalue weighted by molar-refractivity contribution is 6.43. The molecule has 0 atom stereocenters. The predicted octanol–water partition coefficient (Wildman–Crippen LogP) is 4.88. The first-order chi connectivity index (χ1) is 19.5. The van der Waals surface area contributed by atoms with Gasteiger partial charge in [0.25, 0.3) is 5.91 Å².